The molecule has 6 aliphatic rings. The summed E-state index contributed by atoms with van der Waals surface area (Å²) in [4.78, 5) is 87.1. The van der Waals surface area contributed by atoms with Gasteiger partial charge in [-0.25, -0.2) is 14.4 Å². The Hall–Kier alpha value is -7.88. The standard InChI is InChI=1S/C26H31N3O3S.C25H29N3O3S.C17H20N2O2S.C9H16O/c1-18-8-10-20(11-9-18)25(30)29(21-12-14-28(17-27)15-13-21)22-16-23(19-6-4-3-5-7-19)33-24(22)26(31)32-2;1-17-7-9-19(10-8-17)24(29)28(20-11-13-27(16-26)14-12-20)21-15-22(32-23(21)25(30)31)18-5-3-2-4-6-18;1-21-17(20)16-14(19-13-7-9-18-10-8-13)11-15(22-16)12-5-3-2-4-6-12;1-7-3-5-9(6-4-7)8(2)10/h3-7,16,18,20-21H,8-15H2,1-2H3;2-6,15,17,19-20H,7-14H2,1H3,(H,30,31);2-6,11,13,18-19H,7-10H2,1H3;7,9H,3-6H2,1-2H3. The summed E-state index contributed by atoms with van der Waals surface area (Å²) < 4.78 is 10.1. The third-order valence-corrected chi connectivity index (χ3v) is 23.7. The summed E-state index contributed by atoms with van der Waals surface area (Å²) in [6, 6.07) is 35.9. The Balaban J connectivity index is 0.000000161. The van der Waals surface area contributed by atoms with Crippen molar-refractivity contribution in [3.05, 3.63) is 124 Å². The quantitative estimate of drug-likeness (QED) is 0.0642. The maximum atomic E-state index is 14.0. The largest absolute Gasteiger partial charge is 0.477 e. The van der Waals surface area contributed by atoms with Gasteiger partial charge in [0.25, 0.3) is 0 Å². The maximum absolute atomic E-state index is 14.0. The van der Waals surface area contributed by atoms with Gasteiger partial charge < -0.3 is 44.8 Å². The number of nitriles is 2. The van der Waals surface area contributed by atoms with Gasteiger partial charge in [0.2, 0.25) is 11.8 Å². The molecule has 3 saturated heterocycles. The first-order valence-corrected chi connectivity index (χ1v) is 37.3. The number of hydrogen-bond acceptors (Lipinski definition) is 17. The van der Waals surface area contributed by atoms with E-state index in [1.807, 2.05) is 95.9 Å². The van der Waals surface area contributed by atoms with Gasteiger partial charge in [0.1, 0.15) is 20.4 Å². The van der Waals surface area contributed by atoms with Crippen LogP contribution >= 0.6 is 34.0 Å². The van der Waals surface area contributed by atoms with Crippen molar-refractivity contribution in [1.29, 1.82) is 10.5 Å². The minimum atomic E-state index is -1.00. The number of hydrogen-bond donors (Lipinski definition) is 3. The fraction of sp³-hybridized carbons (Fsp3) is 0.506. The lowest BCUT2D eigenvalue weighted by molar-refractivity contribution is -0.125. The van der Waals surface area contributed by atoms with Gasteiger partial charge in [0.15, 0.2) is 12.4 Å². The number of rotatable bonds is 15. The predicted molar refractivity (Wildman–Crippen MR) is 388 cm³/mol. The average molecular weight is 1370 g/mol. The molecule has 6 fully saturated rings. The molecule has 3 aromatic heterocycles. The number of carboxylic acids is 1. The van der Waals surface area contributed by atoms with E-state index >= 15 is 0 Å². The number of carboxylic acid groups (broad SMARTS) is 1. The first kappa shape index (κ1) is 73.4. The summed E-state index contributed by atoms with van der Waals surface area (Å²) in [5, 5.41) is 35.4. The van der Waals surface area contributed by atoms with Crippen LogP contribution in [0.2, 0.25) is 0 Å². The van der Waals surface area contributed by atoms with E-state index in [-0.39, 0.29) is 46.6 Å². The second kappa shape index (κ2) is 36.1. The van der Waals surface area contributed by atoms with E-state index in [9.17, 15) is 44.4 Å². The summed E-state index contributed by atoms with van der Waals surface area (Å²) in [6.07, 6.45) is 21.7. The molecule has 20 heteroatoms. The number of piperidine rings is 3. The number of nitrogens with zero attached hydrogens (tertiary/aromatic N) is 6. The first-order chi connectivity index (χ1) is 47.0. The number of ether oxygens (including phenoxy) is 2. The topological polar surface area (TPSA) is 226 Å². The van der Waals surface area contributed by atoms with Crippen molar-refractivity contribution in [2.24, 2.45) is 35.5 Å². The number of thiophene rings is 3. The van der Waals surface area contributed by atoms with Crippen molar-refractivity contribution in [1.82, 2.24) is 15.1 Å². The van der Waals surface area contributed by atoms with Crippen molar-refractivity contribution < 1.29 is 43.3 Å². The molecule has 3 aliphatic carbocycles. The molecule has 0 spiro atoms. The molecule has 17 nitrogen and oxygen atoms in total. The van der Waals surface area contributed by atoms with Gasteiger partial charge >= 0.3 is 17.9 Å². The van der Waals surface area contributed by atoms with Crippen LogP contribution in [-0.4, -0.2) is 122 Å². The second-order valence-corrected chi connectivity index (χ2v) is 30.2. The highest BCUT2D eigenvalue weighted by atomic mass is 32.1. The van der Waals surface area contributed by atoms with Gasteiger partial charge in [-0.2, -0.15) is 10.5 Å². The zero-order valence-corrected chi connectivity index (χ0v) is 59.6. The molecule has 97 heavy (non-hydrogen) atoms. The van der Waals surface area contributed by atoms with E-state index < -0.39 is 11.9 Å². The number of aromatic carboxylic acids is 1. The molecular formula is C77H96N8O9S3. The first-order valence-electron chi connectivity index (χ1n) is 34.9. The zero-order valence-electron chi connectivity index (χ0n) is 57.2. The Morgan fingerprint density at radius 1 is 0.495 bits per heavy atom. The molecule has 3 saturated carbocycles. The number of carbonyl (C=O) groups excluding carboxylic acids is 5. The van der Waals surface area contributed by atoms with Crippen molar-refractivity contribution in [2.75, 3.05) is 68.6 Å². The Labute approximate surface area is 585 Å². The maximum Gasteiger partial charge on any atom is 0.350 e. The molecule has 3 aliphatic heterocycles. The number of esters is 2. The van der Waals surface area contributed by atoms with Crippen molar-refractivity contribution in [3.8, 4) is 43.7 Å². The number of ketones is 1. The number of benzene rings is 3. The monoisotopic (exact) mass is 1370 g/mol. The number of carbonyl (C=O) groups is 6. The smallest absolute Gasteiger partial charge is 0.350 e. The molecule has 0 bridgehead atoms. The van der Waals surface area contributed by atoms with Crippen LogP contribution in [0.25, 0.3) is 31.3 Å². The lowest BCUT2D eigenvalue weighted by Crippen LogP contribution is -2.49. The van der Waals surface area contributed by atoms with E-state index in [1.54, 1.807) is 21.6 Å². The van der Waals surface area contributed by atoms with E-state index in [0.717, 1.165) is 133 Å². The number of amides is 2. The number of anilines is 3. The van der Waals surface area contributed by atoms with Crippen LogP contribution in [0.5, 0.6) is 0 Å². The van der Waals surface area contributed by atoms with Crippen LogP contribution in [0.3, 0.4) is 0 Å². The highest BCUT2D eigenvalue weighted by molar-refractivity contribution is 7.18. The van der Waals surface area contributed by atoms with Gasteiger partial charge in [-0.1, -0.05) is 125 Å². The summed E-state index contributed by atoms with van der Waals surface area (Å²) in [6.45, 7) is 12.9. The number of likely N-dealkylation sites (tertiary alicyclic amines) is 2. The number of methoxy groups -OCH3 is 2. The lowest BCUT2D eigenvalue weighted by Gasteiger charge is -2.39. The molecule has 0 atom stereocenters. The molecule has 12 rings (SSSR count). The minimum absolute atomic E-state index is 0.0271. The van der Waals surface area contributed by atoms with Gasteiger partial charge in [-0.05, 0) is 175 Å². The fourth-order valence-corrected chi connectivity index (χ4v) is 17.3. The molecule has 3 N–H and O–H groups in total. The van der Waals surface area contributed by atoms with Crippen molar-refractivity contribution in [3.63, 3.8) is 0 Å². The molecule has 2 amide bonds. The zero-order chi connectivity index (χ0) is 69.0. The van der Waals surface area contributed by atoms with E-state index in [0.29, 0.717) is 103 Å². The Morgan fingerprint density at radius 3 is 1.22 bits per heavy atom. The highest BCUT2D eigenvalue weighted by Crippen LogP contribution is 2.44. The number of nitrogens with one attached hydrogen (secondary N) is 2. The van der Waals surface area contributed by atoms with Gasteiger partial charge in [0.05, 0.1) is 31.3 Å². The third-order valence-electron chi connectivity index (χ3n) is 20.2. The van der Waals surface area contributed by atoms with Crippen LogP contribution in [0.4, 0.5) is 17.1 Å². The normalized spacial score (nSPS) is 21.4. The summed E-state index contributed by atoms with van der Waals surface area (Å²) in [5.74, 6) is 1.31. The number of Topliss-reactive ketones (excluding diaryl/α,β-unsaturated/α-hetero) is 1. The van der Waals surface area contributed by atoms with Crippen LogP contribution in [0, 0.1) is 58.4 Å². The van der Waals surface area contributed by atoms with Crippen molar-refractivity contribution in [2.45, 2.75) is 161 Å². The molecule has 0 unspecified atom stereocenters. The predicted octanol–water partition coefficient (Wildman–Crippen LogP) is 16.3. The van der Waals surface area contributed by atoms with Crippen molar-refractivity contribution >= 4 is 86.6 Å². The van der Waals surface area contributed by atoms with Gasteiger partial charge in [-0.3, -0.25) is 14.4 Å². The average Bonchev–Trinajstić information content (AvgIpc) is 1.71. The van der Waals surface area contributed by atoms with Gasteiger partial charge in [0, 0.05) is 76.7 Å². The third kappa shape index (κ3) is 19.7. The highest BCUT2D eigenvalue weighted by Gasteiger charge is 2.40. The molecule has 516 valence electrons. The Morgan fingerprint density at radius 2 is 0.845 bits per heavy atom. The molecule has 6 heterocycles. The molecule has 0 radical (unpaired) electrons. The van der Waals surface area contributed by atoms with E-state index in [1.165, 1.54) is 61.1 Å². The Bertz CT molecular complexity index is 3630. The molecule has 3 aromatic carbocycles. The van der Waals surface area contributed by atoms with E-state index in [2.05, 4.69) is 62.0 Å². The van der Waals surface area contributed by atoms with Crippen LogP contribution in [-0.2, 0) is 23.9 Å². The van der Waals surface area contributed by atoms with Gasteiger partial charge in [-0.15, -0.1) is 34.0 Å². The lowest BCUT2D eigenvalue weighted by atomic mass is 9.81. The van der Waals surface area contributed by atoms with Crippen LogP contribution in [0.15, 0.2) is 109 Å². The van der Waals surface area contributed by atoms with Crippen LogP contribution in [0.1, 0.15) is 172 Å². The second-order valence-electron chi connectivity index (χ2n) is 27.1. The minimum Gasteiger partial charge on any atom is -0.477 e. The molecule has 6 aromatic rings. The fourth-order valence-electron chi connectivity index (χ4n) is 14.2. The molecular weight excluding hydrogens is 1280 g/mol. The summed E-state index contributed by atoms with van der Waals surface area (Å²) >= 11 is 4.08. The SMILES string of the molecule is CC(=O)C1CCC(C)CC1.CC1CCC(C(=O)N(c2cc(-c3ccccc3)sc2C(=O)O)C2CCN(C#N)CC2)CC1.COC(=O)c1sc(-c2ccccc2)cc1N(C(=O)C1CCC(C)CC1)C1CCN(C#N)CC1.COC(=O)c1sc(-c2ccccc2)cc1NC1CCNCC1. The van der Waals surface area contributed by atoms with E-state index in [4.69, 9.17) is 9.47 Å². The summed E-state index contributed by atoms with van der Waals surface area (Å²) in [7, 11) is 2.81. The Kier molecular flexibility index (Phi) is 27.3. The van der Waals surface area contributed by atoms with Crippen LogP contribution < -0.4 is 20.4 Å². The summed E-state index contributed by atoms with van der Waals surface area (Å²) in [5.41, 5.74) is 5.14.